The smallest absolute Gasteiger partial charge is 0.306 e. The summed E-state index contributed by atoms with van der Waals surface area (Å²) in [5, 5.41) is 40.1. The minimum absolute atomic E-state index is 0.116. The predicted molar refractivity (Wildman–Crippen MR) is 237 cm³/mol. The minimum atomic E-state index is -1.55. The van der Waals surface area contributed by atoms with E-state index >= 15 is 0 Å². The molecule has 4 N–H and O–H groups in total. The van der Waals surface area contributed by atoms with E-state index in [2.05, 4.69) is 111 Å². The van der Waals surface area contributed by atoms with Crippen LogP contribution in [0.2, 0.25) is 0 Å². The van der Waals surface area contributed by atoms with Gasteiger partial charge in [0.25, 0.3) is 0 Å². The Morgan fingerprint density at radius 1 is 0.552 bits per heavy atom. The number of unbranched alkanes of at least 4 members (excludes halogenated alkanes) is 9. The molecule has 0 saturated carbocycles. The molecule has 0 bridgehead atoms. The van der Waals surface area contributed by atoms with Crippen molar-refractivity contribution >= 4 is 5.97 Å². The van der Waals surface area contributed by atoms with Crippen LogP contribution in [0.4, 0.5) is 0 Å². The highest BCUT2D eigenvalue weighted by Crippen LogP contribution is 2.22. The van der Waals surface area contributed by atoms with Gasteiger partial charge in [0.1, 0.15) is 30.5 Å². The fraction of sp³-hybridized carbons (Fsp3) is 0.653. The van der Waals surface area contributed by atoms with Crippen molar-refractivity contribution in [1.29, 1.82) is 0 Å². The molecular formula is C49H80O9. The molecule has 1 rings (SSSR count). The molecule has 0 radical (unpaired) electrons. The third-order valence-electron chi connectivity index (χ3n) is 9.50. The monoisotopic (exact) mass is 813 g/mol. The lowest BCUT2D eigenvalue weighted by atomic mass is 9.99. The van der Waals surface area contributed by atoms with Gasteiger partial charge >= 0.3 is 5.97 Å². The number of carbonyl (C=O) groups is 1. The summed E-state index contributed by atoms with van der Waals surface area (Å²) in [6, 6.07) is 0. The quantitative estimate of drug-likeness (QED) is 0.0277. The molecule has 58 heavy (non-hydrogen) atoms. The van der Waals surface area contributed by atoms with Crippen molar-refractivity contribution in [1.82, 2.24) is 0 Å². The van der Waals surface area contributed by atoms with E-state index < -0.39 is 43.4 Å². The predicted octanol–water partition coefficient (Wildman–Crippen LogP) is 10.0. The number of rotatable bonds is 36. The molecule has 1 saturated heterocycles. The third kappa shape index (κ3) is 30.2. The largest absolute Gasteiger partial charge is 0.457 e. The summed E-state index contributed by atoms with van der Waals surface area (Å²) in [6.07, 6.45) is 47.2. The van der Waals surface area contributed by atoms with E-state index in [0.29, 0.717) is 13.0 Å². The van der Waals surface area contributed by atoms with Gasteiger partial charge in [-0.2, -0.15) is 0 Å². The Labute approximate surface area is 352 Å². The second-order valence-corrected chi connectivity index (χ2v) is 14.7. The fourth-order valence-electron chi connectivity index (χ4n) is 6.06. The zero-order chi connectivity index (χ0) is 42.2. The Morgan fingerprint density at radius 2 is 1.00 bits per heavy atom. The highest BCUT2D eigenvalue weighted by Gasteiger charge is 2.44. The van der Waals surface area contributed by atoms with Crippen LogP contribution in [0.5, 0.6) is 0 Å². The van der Waals surface area contributed by atoms with E-state index in [4.69, 9.17) is 18.9 Å². The molecule has 9 nitrogen and oxygen atoms in total. The molecule has 0 aromatic carbocycles. The van der Waals surface area contributed by atoms with Crippen LogP contribution in [-0.2, 0) is 23.7 Å². The minimum Gasteiger partial charge on any atom is -0.457 e. The molecule has 0 amide bonds. The number of hydrogen-bond donors (Lipinski definition) is 4. The van der Waals surface area contributed by atoms with Gasteiger partial charge in [0.05, 0.1) is 19.8 Å². The van der Waals surface area contributed by atoms with Gasteiger partial charge in [-0.05, 0) is 89.9 Å². The fourth-order valence-corrected chi connectivity index (χ4v) is 6.06. The topological polar surface area (TPSA) is 135 Å². The number of aliphatic hydroxyl groups excluding tert-OH is 4. The van der Waals surface area contributed by atoms with Gasteiger partial charge in [-0.1, -0.05) is 143 Å². The Hall–Kier alpha value is -2.89. The van der Waals surface area contributed by atoms with Gasteiger partial charge < -0.3 is 39.4 Å². The number of esters is 1. The van der Waals surface area contributed by atoms with Crippen LogP contribution in [-0.4, -0.2) is 89.6 Å². The normalized spacial score (nSPS) is 21.2. The van der Waals surface area contributed by atoms with Gasteiger partial charge in [-0.15, -0.1) is 0 Å². The molecule has 0 aromatic heterocycles. The van der Waals surface area contributed by atoms with Crippen LogP contribution < -0.4 is 0 Å². The zero-order valence-electron chi connectivity index (χ0n) is 36.0. The first kappa shape index (κ1) is 53.1. The molecule has 0 spiro atoms. The highest BCUT2D eigenvalue weighted by atomic mass is 16.7. The number of allylic oxidation sites excluding steroid dienone is 16. The van der Waals surface area contributed by atoms with Crippen LogP contribution >= 0.6 is 0 Å². The summed E-state index contributed by atoms with van der Waals surface area (Å²) in [4.78, 5) is 12.7. The summed E-state index contributed by atoms with van der Waals surface area (Å²) < 4.78 is 22.7. The lowest BCUT2D eigenvalue weighted by Crippen LogP contribution is -2.59. The van der Waals surface area contributed by atoms with E-state index in [9.17, 15) is 25.2 Å². The standard InChI is InChI=1S/C49H80O9/c1-3-5-7-9-11-13-15-17-18-19-20-21-22-23-24-25-27-29-31-33-35-37-39-55-41-43(42-56-49-48(54)47(53)46(52)44(40-50)58-49)57-45(51)38-36-34-32-30-28-26-16-14-12-10-8-6-4-2/h5-8,11-14,17-18,20-21,23-24,26,28,43-44,46-50,52-54H,3-4,9-10,15-16,19,22,25,27,29-42H2,1-2H3/b7-5-,8-6-,13-11-,14-12-,18-17-,21-20-,24-23-,28-26-. The maximum atomic E-state index is 12.7. The zero-order valence-corrected chi connectivity index (χ0v) is 36.0. The summed E-state index contributed by atoms with van der Waals surface area (Å²) >= 11 is 0. The van der Waals surface area contributed by atoms with Crippen molar-refractivity contribution in [3.63, 3.8) is 0 Å². The van der Waals surface area contributed by atoms with E-state index in [1.165, 1.54) is 19.3 Å². The lowest BCUT2D eigenvalue weighted by Gasteiger charge is -2.39. The second-order valence-electron chi connectivity index (χ2n) is 14.7. The van der Waals surface area contributed by atoms with Gasteiger partial charge in [-0.25, -0.2) is 0 Å². The maximum Gasteiger partial charge on any atom is 0.306 e. The Morgan fingerprint density at radius 3 is 1.50 bits per heavy atom. The van der Waals surface area contributed by atoms with E-state index in [1.54, 1.807) is 0 Å². The van der Waals surface area contributed by atoms with Crippen molar-refractivity contribution < 1.29 is 44.2 Å². The lowest BCUT2D eigenvalue weighted by molar-refractivity contribution is -0.305. The first-order chi connectivity index (χ1) is 28.4. The number of hydrogen-bond acceptors (Lipinski definition) is 9. The Bertz CT molecular complexity index is 1200. The van der Waals surface area contributed by atoms with Crippen molar-refractivity contribution in [3.8, 4) is 0 Å². The van der Waals surface area contributed by atoms with Crippen LogP contribution in [0.1, 0.15) is 142 Å². The molecule has 1 fully saturated rings. The molecule has 6 atom stereocenters. The molecule has 6 unspecified atom stereocenters. The average molecular weight is 813 g/mol. The average Bonchev–Trinajstić information content (AvgIpc) is 3.22. The number of aliphatic hydroxyl groups is 4. The van der Waals surface area contributed by atoms with Gasteiger partial charge in [0, 0.05) is 13.0 Å². The van der Waals surface area contributed by atoms with Gasteiger partial charge in [-0.3, -0.25) is 4.79 Å². The molecule has 9 heteroatoms. The highest BCUT2D eigenvalue weighted by molar-refractivity contribution is 5.69. The van der Waals surface area contributed by atoms with E-state index in [1.807, 2.05) is 0 Å². The van der Waals surface area contributed by atoms with Gasteiger partial charge in [0.15, 0.2) is 6.29 Å². The second kappa shape index (κ2) is 39.6. The van der Waals surface area contributed by atoms with Crippen LogP contribution in [0, 0.1) is 0 Å². The molecule has 330 valence electrons. The maximum absolute atomic E-state index is 12.7. The Balaban J connectivity index is 2.29. The molecule has 1 heterocycles. The molecule has 1 aliphatic heterocycles. The van der Waals surface area contributed by atoms with Crippen LogP contribution in [0.15, 0.2) is 97.2 Å². The SMILES string of the molecule is CC/C=C\C/C=C\C/C=C\C/C=C\C/C=C\CCCCCCCCOCC(COC1OC(CO)C(O)C(O)C1O)OC(=O)CCCCC/C=C\C/C=C\C/C=C\CC. The Kier molecular flexibility index (Phi) is 36.2. The molecule has 0 aromatic rings. The summed E-state index contributed by atoms with van der Waals surface area (Å²) in [6.45, 7) is 4.22. The summed E-state index contributed by atoms with van der Waals surface area (Å²) in [7, 11) is 0. The van der Waals surface area contributed by atoms with E-state index in [-0.39, 0.29) is 25.6 Å². The van der Waals surface area contributed by atoms with Crippen LogP contribution in [0.3, 0.4) is 0 Å². The van der Waals surface area contributed by atoms with Crippen LogP contribution in [0.25, 0.3) is 0 Å². The van der Waals surface area contributed by atoms with Crippen molar-refractivity contribution in [2.24, 2.45) is 0 Å². The summed E-state index contributed by atoms with van der Waals surface area (Å²) in [5.41, 5.74) is 0. The molecule has 1 aliphatic rings. The molecule has 0 aliphatic carbocycles. The van der Waals surface area contributed by atoms with Crippen molar-refractivity contribution in [3.05, 3.63) is 97.2 Å². The van der Waals surface area contributed by atoms with Crippen molar-refractivity contribution in [2.75, 3.05) is 26.4 Å². The van der Waals surface area contributed by atoms with Gasteiger partial charge in [0.2, 0.25) is 0 Å². The number of ether oxygens (including phenoxy) is 4. The third-order valence-corrected chi connectivity index (χ3v) is 9.50. The first-order valence-electron chi connectivity index (χ1n) is 22.3. The van der Waals surface area contributed by atoms with Crippen molar-refractivity contribution in [2.45, 2.75) is 179 Å². The summed E-state index contributed by atoms with van der Waals surface area (Å²) in [5.74, 6) is -0.353. The van der Waals surface area contributed by atoms with E-state index in [0.717, 1.165) is 96.3 Å². The number of carbonyl (C=O) groups excluding carboxylic acids is 1. The molecular weight excluding hydrogens is 733 g/mol. The first-order valence-corrected chi connectivity index (χ1v) is 22.3.